The van der Waals surface area contributed by atoms with Gasteiger partial charge >= 0.3 is 0 Å². The molecule has 2 aromatic carbocycles. The minimum atomic E-state index is -0.353. The minimum absolute atomic E-state index is 0.117. The standard InChI is InChI=1S/C21H21Cl2N5O2S/c1-3-28-19(13(2)24-20(30)14-7-5-4-6-8-14)26-27-21(28)31-12-18(29)25-17-11-15(22)9-10-16(17)23/h4-11,13H,3,12H2,1-2H3,(H,24,30)(H,25,29)/t13-/m1/s1. The molecule has 0 aliphatic carbocycles. The lowest BCUT2D eigenvalue weighted by molar-refractivity contribution is -0.113. The van der Waals surface area contributed by atoms with Gasteiger partial charge in [-0.2, -0.15) is 0 Å². The second kappa shape index (κ2) is 10.7. The minimum Gasteiger partial charge on any atom is -0.342 e. The number of amides is 2. The van der Waals surface area contributed by atoms with Gasteiger partial charge in [-0.25, -0.2) is 0 Å². The van der Waals surface area contributed by atoms with Gasteiger partial charge in [-0.1, -0.05) is 53.2 Å². The van der Waals surface area contributed by atoms with E-state index in [9.17, 15) is 9.59 Å². The van der Waals surface area contributed by atoms with Gasteiger partial charge in [0.2, 0.25) is 5.91 Å². The molecular formula is C21H21Cl2N5O2S. The average Bonchev–Trinajstić information content (AvgIpc) is 3.18. The predicted molar refractivity (Wildman–Crippen MR) is 124 cm³/mol. The smallest absolute Gasteiger partial charge is 0.251 e. The molecule has 31 heavy (non-hydrogen) atoms. The van der Waals surface area contributed by atoms with Gasteiger partial charge in [0.1, 0.15) is 0 Å². The third-order valence-electron chi connectivity index (χ3n) is 4.37. The van der Waals surface area contributed by atoms with Crippen LogP contribution in [0, 0.1) is 0 Å². The van der Waals surface area contributed by atoms with Crippen LogP contribution in [0.25, 0.3) is 0 Å². The zero-order valence-electron chi connectivity index (χ0n) is 16.9. The molecule has 1 aromatic heterocycles. The molecule has 1 heterocycles. The molecule has 2 amide bonds. The van der Waals surface area contributed by atoms with Crippen molar-refractivity contribution in [3.8, 4) is 0 Å². The largest absolute Gasteiger partial charge is 0.342 e. The van der Waals surface area contributed by atoms with E-state index in [4.69, 9.17) is 23.2 Å². The van der Waals surface area contributed by atoms with Gasteiger partial charge in [0.05, 0.1) is 22.5 Å². The van der Waals surface area contributed by atoms with E-state index in [-0.39, 0.29) is 23.6 Å². The number of carbonyl (C=O) groups is 2. The lowest BCUT2D eigenvalue weighted by Crippen LogP contribution is -2.28. The summed E-state index contributed by atoms with van der Waals surface area (Å²) in [6.45, 7) is 4.39. The van der Waals surface area contributed by atoms with Crippen LogP contribution in [0.2, 0.25) is 10.0 Å². The number of nitrogens with zero attached hydrogens (tertiary/aromatic N) is 3. The SMILES string of the molecule is CCn1c(SCC(=O)Nc2cc(Cl)ccc2Cl)nnc1[C@@H](C)NC(=O)c1ccccc1. The summed E-state index contributed by atoms with van der Waals surface area (Å²) in [7, 11) is 0. The summed E-state index contributed by atoms with van der Waals surface area (Å²) in [6, 6.07) is 13.5. The highest BCUT2D eigenvalue weighted by Gasteiger charge is 2.20. The fraction of sp³-hybridized carbons (Fsp3) is 0.238. The van der Waals surface area contributed by atoms with Gasteiger partial charge in [-0.3, -0.25) is 9.59 Å². The van der Waals surface area contributed by atoms with Crippen molar-refractivity contribution in [2.24, 2.45) is 0 Å². The molecule has 10 heteroatoms. The quantitative estimate of drug-likeness (QED) is 0.453. The van der Waals surface area contributed by atoms with Crippen LogP contribution in [-0.4, -0.2) is 32.3 Å². The van der Waals surface area contributed by atoms with E-state index in [1.165, 1.54) is 11.8 Å². The van der Waals surface area contributed by atoms with Crippen molar-refractivity contribution in [3.05, 3.63) is 70.0 Å². The summed E-state index contributed by atoms with van der Waals surface area (Å²) < 4.78 is 1.88. The van der Waals surface area contributed by atoms with Crippen LogP contribution in [0.15, 0.2) is 53.7 Å². The number of aromatic nitrogens is 3. The summed E-state index contributed by atoms with van der Waals surface area (Å²) in [5.41, 5.74) is 1.03. The molecule has 162 valence electrons. The average molecular weight is 478 g/mol. The molecule has 0 unspecified atom stereocenters. The van der Waals surface area contributed by atoms with Crippen LogP contribution < -0.4 is 10.6 Å². The second-order valence-electron chi connectivity index (χ2n) is 6.61. The molecule has 1 atom stereocenters. The normalized spacial score (nSPS) is 11.7. The molecule has 0 bridgehead atoms. The van der Waals surface area contributed by atoms with E-state index < -0.39 is 0 Å². The van der Waals surface area contributed by atoms with Crippen molar-refractivity contribution in [2.45, 2.75) is 31.6 Å². The van der Waals surface area contributed by atoms with E-state index in [1.807, 2.05) is 36.6 Å². The molecule has 0 aliphatic rings. The van der Waals surface area contributed by atoms with Gasteiger partial charge in [0.15, 0.2) is 11.0 Å². The Morgan fingerprint density at radius 3 is 2.58 bits per heavy atom. The Balaban J connectivity index is 1.63. The van der Waals surface area contributed by atoms with Crippen molar-refractivity contribution in [1.29, 1.82) is 0 Å². The molecule has 7 nitrogen and oxygen atoms in total. The highest BCUT2D eigenvalue weighted by Crippen LogP contribution is 2.26. The summed E-state index contributed by atoms with van der Waals surface area (Å²) in [6.07, 6.45) is 0. The van der Waals surface area contributed by atoms with E-state index in [2.05, 4.69) is 20.8 Å². The maximum atomic E-state index is 12.4. The van der Waals surface area contributed by atoms with E-state index in [1.54, 1.807) is 30.3 Å². The van der Waals surface area contributed by atoms with Gasteiger partial charge < -0.3 is 15.2 Å². The molecule has 2 N–H and O–H groups in total. The van der Waals surface area contributed by atoms with Crippen LogP contribution in [-0.2, 0) is 11.3 Å². The molecule has 0 aliphatic heterocycles. The van der Waals surface area contributed by atoms with Crippen molar-refractivity contribution >= 4 is 52.5 Å². The number of nitrogens with one attached hydrogen (secondary N) is 2. The summed E-state index contributed by atoms with van der Waals surface area (Å²) in [5.74, 6) is 0.302. The first-order chi connectivity index (χ1) is 14.9. The molecule has 0 fully saturated rings. The number of benzene rings is 2. The Morgan fingerprint density at radius 2 is 1.87 bits per heavy atom. The Bertz CT molecular complexity index is 1070. The van der Waals surface area contributed by atoms with Crippen molar-refractivity contribution in [1.82, 2.24) is 20.1 Å². The number of hydrogen-bond acceptors (Lipinski definition) is 5. The third kappa shape index (κ3) is 6.00. The Labute approximate surface area is 194 Å². The molecule has 0 spiro atoms. The lowest BCUT2D eigenvalue weighted by atomic mass is 10.2. The number of thioether (sulfide) groups is 1. The summed E-state index contributed by atoms with van der Waals surface area (Å²) in [5, 5.41) is 15.6. The maximum Gasteiger partial charge on any atom is 0.251 e. The van der Waals surface area contributed by atoms with Crippen LogP contribution >= 0.6 is 35.0 Å². The predicted octanol–water partition coefficient (Wildman–Crippen LogP) is 4.83. The molecule has 3 rings (SSSR count). The Kier molecular flexibility index (Phi) is 7.95. The van der Waals surface area contributed by atoms with Crippen LogP contribution in [0.3, 0.4) is 0 Å². The fourth-order valence-corrected chi connectivity index (χ4v) is 4.01. The van der Waals surface area contributed by atoms with Crippen LogP contribution in [0.4, 0.5) is 5.69 Å². The lowest BCUT2D eigenvalue weighted by Gasteiger charge is -2.15. The van der Waals surface area contributed by atoms with E-state index in [0.717, 1.165) is 0 Å². The first-order valence-corrected chi connectivity index (χ1v) is 11.3. The monoisotopic (exact) mass is 477 g/mol. The highest BCUT2D eigenvalue weighted by molar-refractivity contribution is 7.99. The number of carbonyl (C=O) groups excluding carboxylic acids is 2. The first-order valence-electron chi connectivity index (χ1n) is 9.55. The number of halogens is 2. The molecular weight excluding hydrogens is 457 g/mol. The first kappa shape index (κ1) is 23.1. The second-order valence-corrected chi connectivity index (χ2v) is 8.39. The summed E-state index contributed by atoms with van der Waals surface area (Å²) >= 11 is 13.3. The van der Waals surface area contributed by atoms with Crippen LogP contribution in [0.5, 0.6) is 0 Å². The van der Waals surface area contributed by atoms with E-state index in [0.29, 0.717) is 38.8 Å². The van der Waals surface area contributed by atoms with Crippen molar-refractivity contribution in [2.75, 3.05) is 11.1 Å². The third-order valence-corrected chi connectivity index (χ3v) is 5.90. The van der Waals surface area contributed by atoms with E-state index >= 15 is 0 Å². The zero-order valence-corrected chi connectivity index (χ0v) is 19.3. The zero-order chi connectivity index (χ0) is 22.4. The van der Waals surface area contributed by atoms with Crippen molar-refractivity contribution in [3.63, 3.8) is 0 Å². The van der Waals surface area contributed by atoms with Gasteiger partial charge in [-0.05, 0) is 44.2 Å². The fourth-order valence-electron chi connectivity index (χ4n) is 2.87. The van der Waals surface area contributed by atoms with Gasteiger partial charge in [-0.15, -0.1) is 10.2 Å². The maximum absolute atomic E-state index is 12.4. The molecule has 0 saturated heterocycles. The van der Waals surface area contributed by atoms with Crippen molar-refractivity contribution < 1.29 is 9.59 Å². The molecule has 0 saturated carbocycles. The topological polar surface area (TPSA) is 88.9 Å². The Hall–Kier alpha value is -2.55. The molecule has 3 aromatic rings. The highest BCUT2D eigenvalue weighted by atomic mass is 35.5. The number of anilines is 1. The van der Waals surface area contributed by atoms with Gasteiger partial charge in [0.25, 0.3) is 5.91 Å². The number of hydrogen-bond donors (Lipinski definition) is 2. The Morgan fingerprint density at radius 1 is 1.13 bits per heavy atom. The van der Waals surface area contributed by atoms with Gasteiger partial charge in [0, 0.05) is 17.1 Å². The van der Waals surface area contributed by atoms with Crippen LogP contribution in [0.1, 0.15) is 36.1 Å². The summed E-state index contributed by atoms with van der Waals surface area (Å²) in [4.78, 5) is 24.8. The molecule has 0 radical (unpaired) electrons. The number of rotatable bonds is 8.